The lowest BCUT2D eigenvalue weighted by atomic mass is 9.91. The number of sulfonamides is 1. The molecule has 0 saturated heterocycles. The molecule has 0 spiro atoms. The standard InChI is InChI=1S/C13H21N3O2S/c1-15-19(17,18)13-7-3-6-12(9-13)16-11-5-2-4-10(14)8-11/h3,6-7,9-11,15-16H,2,4-5,8,14H2,1H3. The molecule has 2 rings (SSSR count). The third kappa shape index (κ3) is 3.68. The smallest absolute Gasteiger partial charge is 0.240 e. The fourth-order valence-corrected chi connectivity index (χ4v) is 3.24. The monoisotopic (exact) mass is 283 g/mol. The van der Waals surface area contributed by atoms with E-state index in [0.29, 0.717) is 6.04 Å². The van der Waals surface area contributed by atoms with Gasteiger partial charge in [0.25, 0.3) is 0 Å². The molecule has 106 valence electrons. The molecule has 1 fully saturated rings. The van der Waals surface area contributed by atoms with Crippen LogP contribution in [0.4, 0.5) is 5.69 Å². The van der Waals surface area contributed by atoms with Crippen LogP contribution in [-0.2, 0) is 10.0 Å². The Bertz CT molecular complexity index is 530. The highest BCUT2D eigenvalue weighted by molar-refractivity contribution is 7.89. The lowest BCUT2D eigenvalue weighted by Gasteiger charge is -2.28. The Labute approximate surface area is 114 Å². The van der Waals surface area contributed by atoms with Crippen LogP contribution in [0.25, 0.3) is 0 Å². The van der Waals surface area contributed by atoms with Crippen molar-refractivity contribution in [2.45, 2.75) is 42.7 Å². The van der Waals surface area contributed by atoms with Gasteiger partial charge in [-0.2, -0.15) is 0 Å². The summed E-state index contributed by atoms with van der Waals surface area (Å²) in [6.07, 6.45) is 4.21. The summed E-state index contributed by atoms with van der Waals surface area (Å²) in [5, 5.41) is 3.38. The highest BCUT2D eigenvalue weighted by Crippen LogP contribution is 2.22. The largest absolute Gasteiger partial charge is 0.382 e. The third-order valence-electron chi connectivity index (χ3n) is 3.50. The van der Waals surface area contributed by atoms with Crippen LogP contribution in [0.5, 0.6) is 0 Å². The van der Waals surface area contributed by atoms with Crippen molar-refractivity contribution in [3.05, 3.63) is 24.3 Å². The van der Waals surface area contributed by atoms with Gasteiger partial charge in [-0.1, -0.05) is 6.07 Å². The molecule has 6 heteroatoms. The quantitative estimate of drug-likeness (QED) is 0.777. The Morgan fingerprint density at radius 1 is 1.32 bits per heavy atom. The SMILES string of the molecule is CNS(=O)(=O)c1cccc(NC2CCCC(N)C2)c1. The first kappa shape index (κ1) is 14.3. The molecule has 0 aliphatic heterocycles. The van der Waals surface area contributed by atoms with Gasteiger partial charge in [0.15, 0.2) is 0 Å². The molecule has 2 unspecified atom stereocenters. The van der Waals surface area contributed by atoms with Crippen molar-refractivity contribution in [1.29, 1.82) is 0 Å². The van der Waals surface area contributed by atoms with Crippen molar-refractivity contribution >= 4 is 15.7 Å². The summed E-state index contributed by atoms with van der Waals surface area (Å²) >= 11 is 0. The van der Waals surface area contributed by atoms with Crippen molar-refractivity contribution < 1.29 is 8.42 Å². The van der Waals surface area contributed by atoms with Crippen LogP contribution in [0, 0.1) is 0 Å². The molecule has 19 heavy (non-hydrogen) atoms. The van der Waals surface area contributed by atoms with Gasteiger partial charge in [-0.25, -0.2) is 13.1 Å². The minimum absolute atomic E-state index is 0.246. The van der Waals surface area contributed by atoms with Gasteiger partial charge in [0, 0.05) is 17.8 Å². The summed E-state index contributed by atoms with van der Waals surface area (Å²) in [5.41, 5.74) is 6.78. The first-order valence-electron chi connectivity index (χ1n) is 6.57. The average molecular weight is 283 g/mol. The lowest BCUT2D eigenvalue weighted by Crippen LogP contribution is -2.34. The molecule has 4 N–H and O–H groups in total. The molecule has 1 saturated carbocycles. The van der Waals surface area contributed by atoms with Crippen LogP contribution in [0.3, 0.4) is 0 Å². The van der Waals surface area contributed by atoms with E-state index in [9.17, 15) is 8.42 Å². The number of rotatable bonds is 4. The number of nitrogens with one attached hydrogen (secondary N) is 2. The van der Waals surface area contributed by atoms with E-state index >= 15 is 0 Å². The molecule has 0 radical (unpaired) electrons. The zero-order valence-corrected chi connectivity index (χ0v) is 11.9. The molecule has 1 aliphatic rings. The van der Waals surface area contributed by atoms with E-state index in [2.05, 4.69) is 10.0 Å². The Kier molecular flexibility index (Phi) is 4.44. The molecule has 1 aliphatic carbocycles. The summed E-state index contributed by atoms with van der Waals surface area (Å²) < 4.78 is 25.8. The maximum Gasteiger partial charge on any atom is 0.240 e. The molecule has 1 aromatic carbocycles. The zero-order valence-electron chi connectivity index (χ0n) is 11.1. The van der Waals surface area contributed by atoms with E-state index < -0.39 is 10.0 Å². The number of hydrogen-bond acceptors (Lipinski definition) is 4. The van der Waals surface area contributed by atoms with Gasteiger partial charge in [0.1, 0.15) is 0 Å². The lowest BCUT2D eigenvalue weighted by molar-refractivity contribution is 0.409. The van der Waals surface area contributed by atoms with Crippen LogP contribution < -0.4 is 15.8 Å². The van der Waals surface area contributed by atoms with Crippen LogP contribution in [0.2, 0.25) is 0 Å². The van der Waals surface area contributed by atoms with Gasteiger partial charge >= 0.3 is 0 Å². The number of anilines is 1. The highest BCUT2D eigenvalue weighted by Gasteiger charge is 2.19. The van der Waals surface area contributed by atoms with E-state index in [1.807, 2.05) is 6.07 Å². The molecule has 1 aromatic rings. The summed E-state index contributed by atoms with van der Waals surface area (Å²) in [7, 11) is -1.97. The molecule has 0 bridgehead atoms. The minimum atomic E-state index is -3.39. The van der Waals surface area contributed by atoms with Crippen molar-refractivity contribution in [1.82, 2.24) is 4.72 Å². The molecule has 2 atom stereocenters. The van der Waals surface area contributed by atoms with Gasteiger partial charge in [0.05, 0.1) is 4.90 Å². The van der Waals surface area contributed by atoms with E-state index in [0.717, 1.165) is 31.4 Å². The van der Waals surface area contributed by atoms with Crippen LogP contribution in [0.15, 0.2) is 29.2 Å². The second-order valence-corrected chi connectivity index (χ2v) is 6.89. The highest BCUT2D eigenvalue weighted by atomic mass is 32.2. The summed E-state index contributed by atoms with van der Waals surface area (Å²) in [5.74, 6) is 0. The third-order valence-corrected chi connectivity index (χ3v) is 4.91. The molecule has 0 amide bonds. The number of benzene rings is 1. The first-order chi connectivity index (χ1) is 9.01. The van der Waals surface area contributed by atoms with E-state index in [1.54, 1.807) is 18.2 Å². The summed E-state index contributed by atoms with van der Waals surface area (Å²) in [6, 6.07) is 7.45. The Morgan fingerprint density at radius 2 is 2.11 bits per heavy atom. The zero-order chi connectivity index (χ0) is 13.9. The average Bonchev–Trinajstić information content (AvgIpc) is 2.39. The van der Waals surface area contributed by atoms with Crippen LogP contribution in [0.1, 0.15) is 25.7 Å². The second kappa shape index (κ2) is 5.90. The Morgan fingerprint density at radius 3 is 2.79 bits per heavy atom. The van der Waals surface area contributed by atoms with E-state index in [1.165, 1.54) is 7.05 Å². The van der Waals surface area contributed by atoms with Gasteiger partial charge in [-0.3, -0.25) is 0 Å². The topological polar surface area (TPSA) is 84.2 Å². The summed E-state index contributed by atoms with van der Waals surface area (Å²) in [6.45, 7) is 0. The Balaban J connectivity index is 2.11. The van der Waals surface area contributed by atoms with Crippen molar-refractivity contribution in [3.63, 3.8) is 0 Å². The molecule has 5 nitrogen and oxygen atoms in total. The van der Waals surface area contributed by atoms with Gasteiger partial charge in [-0.15, -0.1) is 0 Å². The second-order valence-electron chi connectivity index (χ2n) is 5.00. The van der Waals surface area contributed by atoms with E-state index in [4.69, 9.17) is 5.73 Å². The summed E-state index contributed by atoms with van der Waals surface area (Å²) in [4.78, 5) is 0.278. The van der Waals surface area contributed by atoms with Crippen LogP contribution in [-0.4, -0.2) is 27.5 Å². The maximum absolute atomic E-state index is 11.7. The normalized spacial score (nSPS) is 24.1. The number of nitrogens with two attached hydrogens (primary N) is 1. The first-order valence-corrected chi connectivity index (χ1v) is 8.05. The minimum Gasteiger partial charge on any atom is -0.382 e. The predicted octanol–water partition coefficient (Wildman–Crippen LogP) is 1.28. The maximum atomic E-state index is 11.7. The number of hydrogen-bond donors (Lipinski definition) is 3. The fraction of sp³-hybridized carbons (Fsp3) is 0.538. The van der Waals surface area contributed by atoms with E-state index in [-0.39, 0.29) is 10.9 Å². The molecule has 0 aromatic heterocycles. The molecule has 0 heterocycles. The van der Waals surface area contributed by atoms with Gasteiger partial charge < -0.3 is 11.1 Å². The van der Waals surface area contributed by atoms with Crippen LogP contribution >= 0.6 is 0 Å². The molecular weight excluding hydrogens is 262 g/mol. The van der Waals surface area contributed by atoms with Gasteiger partial charge in [0.2, 0.25) is 10.0 Å². The van der Waals surface area contributed by atoms with Gasteiger partial charge in [-0.05, 0) is 50.9 Å². The Hall–Kier alpha value is -1.11. The fourth-order valence-electron chi connectivity index (χ4n) is 2.47. The molecular formula is C13H21N3O2S. The van der Waals surface area contributed by atoms with Crippen molar-refractivity contribution in [2.75, 3.05) is 12.4 Å². The van der Waals surface area contributed by atoms with Crippen molar-refractivity contribution in [3.8, 4) is 0 Å². The predicted molar refractivity (Wildman–Crippen MR) is 76.5 cm³/mol. The van der Waals surface area contributed by atoms with Crippen molar-refractivity contribution in [2.24, 2.45) is 5.73 Å².